The summed E-state index contributed by atoms with van der Waals surface area (Å²) in [5.41, 5.74) is -0.668. The number of unbranched alkanes of at least 4 members (excludes halogenated alkanes) is 1. The quantitative estimate of drug-likeness (QED) is 0.537. The molecule has 0 aromatic rings. The maximum atomic E-state index is 11.7. The van der Waals surface area contributed by atoms with E-state index in [1.54, 1.807) is 0 Å². The van der Waals surface area contributed by atoms with Crippen LogP contribution >= 0.6 is 0 Å². The molecule has 0 aromatic carbocycles. The molecule has 0 rings (SSSR count). The molecular weight excluding hydrogens is 230 g/mol. The van der Waals surface area contributed by atoms with Gasteiger partial charge in [-0.15, -0.1) is 0 Å². The summed E-state index contributed by atoms with van der Waals surface area (Å²) in [6, 6.07) is 0. The first-order valence-corrected chi connectivity index (χ1v) is 6.72. The third-order valence-electron chi connectivity index (χ3n) is 2.81. The molecule has 108 valence electrons. The van der Waals surface area contributed by atoms with Crippen molar-refractivity contribution in [2.45, 2.75) is 65.0 Å². The Hall–Kier alpha value is -0.610. The molecule has 0 aliphatic heterocycles. The van der Waals surface area contributed by atoms with Crippen LogP contribution in [-0.2, 0) is 14.3 Å². The number of hydrogen-bond acceptors (Lipinski definition) is 4. The van der Waals surface area contributed by atoms with Gasteiger partial charge in [-0.05, 0) is 53.5 Å². The summed E-state index contributed by atoms with van der Waals surface area (Å²) in [6.45, 7) is 11.5. The largest absolute Gasteiger partial charge is 0.468 e. The van der Waals surface area contributed by atoms with Gasteiger partial charge in [0.15, 0.2) is 0 Å². The second-order valence-corrected chi connectivity index (χ2v) is 5.77. The fourth-order valence-electron chi connectivity index (χ4n) is 1.84. The number of rotatable bonds is 8. The number of hydrogen-bond donors (Lipinski definition) is 1. The molecule has 0 saturated heterocycles. The number of carbonyl (C=O) groups excluding carboxylic acids is 1. The average molecular weight is 259 g/mol. The molecule has 1 unspecified atom stereocenters. The average Bonchev–Trinajstić information content (AvgIpc) is 2.26. The van der Waals surface area contributed by atoms with Crippen molar-refractivity contribution < 1.29 is 14.3 Å². The smallest absolute Gasteiger partial charge is 0.325 e. The fourth-order valence-corrected chi connectivity index (χ4v) is 1.84. The van der Waals surface area contributed by atoms with E-state index in [1.807, 2.05) is 34.6 Å². The molecule has 1 N–H and O–H groups in total. The third-order valence-corrected chi connectivity index (χ3v) is 2.81. The number of esters is 1. The van der Waals surface area contributed by atoms with Gasteiger partial charge in [0.2, 0.25) is 0 Å². The van der Waals surface area contributed by atoms with Gasteiger partial charge in [-0.25, -0.2) is 0 Å². The van der Waals surface area contributed by atoms with E-state index in [0.29, 0.717) is 0 Å². The van der Waals surface area contributed by atoms with E-state index in [9.17, 15) is 4.79 Å². The number of carbonyl (C=O) groups is 1. The summed E-state index contributed by atoms with van der Waals surface area (Å²) in [4.78, 5) is 11.7. The first kappa shape index (κ1) is 17.4. The summed E-state index contributed by atoms with van der Waals surface area (Å²) in [6.07, 6.45) is 2.66. The van der Waals surface area contributed by atoms with E-state index in [1.165, 1.54) is 7.11 Å². The maximum absolute atomic E-state index is 11.7. The van der Waals surface area contributed by atoms with Crippen LogP contribution in [0.15, 0.2) is 0 Å². The van der Waals surface area contributed by atoms with Crippen LogP contribution in [0.5, 0.6) is 0 Å². The van der Waals surface area contributed by atoms with E-state index in [4.69, 9.17) is 9.47 Å². The molecule has 0 aromatic heterocycles. The molecule has 0 aliphatic rings. The van der Waals surface area contributed by atoms with E-state index in [0.717, 1.165) is 32.4 Å². The van der Waals surface area contributed by atoms with Crippen molar-refractivity contribution in [2.24, 2.45) is 0 Å². The Morgan fingerprint density at radius 1 is 1.17 bits per heavy atom. The topological polar surface area (TPSA) is 47.6 Å². The summed E-state index contributed by atoms with van der Waals surface area (Å²) in [5.74, 6) is -0.193. The van der Waals surface area contributed by atoms with Crippen molar-refractivity contribution in [3.8, 4) is 0 Å². The highest BCUT2D eigenvalue weighted by Gasteiger charge is 2.32. The van der Waals surface area contributed by atoms with Crippen molar-refractivity contribution in [1.82, 2.24) is 5.32 Å². The van der Waals surface area contributed by atoms with Crippen molar-refractivity contribution >= 4 is 5.97 Å². The Labute approximate surface area is 111 Å². The molecule has 0 bridgehead atoms. The lowest BCUT2D eigenvalue weighted by Gasteiger charge is -2.27. The van der Waals surface area contributed by atoms with Gasteiger partial charge < -0.3 is 14.8 Å². The van der Waals surface area contributed by atoms with Gasteiger partial charge in [0.1, 0.15) is 5.54 Å². The van der Waals surface area contributed by atoms with Gasteiger partial charge >= 0.3 is 5.97 Å². The summed E-state index contributed by atoms with van der Waals surface area (Å²) >= 11 is 0. The summed E-state index contributed by atoms with van der Waals surface area (Å²) in [7, 11) is 1.43. The normalized spacial score (nSPS) is 15.2. The maximum Gasteiger partial charge on any atom is 0.325 e. The highest BCUT2D eigenvalue weighted by molar-refractivity contribution is 5.80. The molecule has 0 amide bonds. The molecule has 0 saturated carbocycles. The zero-order valence-corrected chi connectivity index (χ0v) is 12.8. The molecule has 4 nitrogen and oxygen atoms in total. The first-order chi connectivity index (χ1) is 8.25. The summed E-state index contributed by atoms with van der Waals surface area (Å²) in [5, 5.41) is 3.20. The molecule has 0 aliphatic carbocycles. The lowest BCUT2D eigenvalue weighted by molar-refractivity contribution is -0.148. The van der Waals surface area contributed by atoms with Crippen LogP contribution in [0.4, 0.5) is 0 Å². The summed E-state index contributed by atoms with van der Waals surface area (Å²) < 4.78 is 10.5. The van der Waals surface area contributed by atoms with Gasteiger partial charge in [-0.3, -0.25) is 4.79 Å². The standard InChI is InChI=1S/C14H29NO3/c1-7-15-14(5,12(16)17-6)10-8-9-11-18-13(2,3)4/h15H,7-11H2,1-6H3. The van der Waals surface area contributed by atoms with Crippen molar-refractivity contribution in [3.63, 3.8) is 0 Å². The van der Waals surface area contributed by atoms with Crippen molar-refractivity contribution in [1.29, 1.82) is 0 Å². The van der Waals surface area contributed by atoms with Crippen LogP contribution in [0.2, 0.25) is 0 Å². The predicted octanol–water partition coefficient (Wildman–Crippen LogP) is 2.51. The molecule has 18 heavy (non-hydrogen) atoms. The molecule has 1 atom stereocenters. The van der Waals surface area contributed by atoms with Crippen LogP contribution in [0.25, 0.3) is 0 Å². The molecular formula is C14H29NO3. The van der Waals surface area contributed by atoms with E-state index >= 15 is 0 Å². The molecule has 0 heterocycles. The van der Waals surface area contributed by atoms with E-state index < -0.39 is 5.54 Å². The second kappa shape index (κ2) is 7.74. The van der Waals surface area contributed by atoms with Crippen molar-refractivity contribution in [2.75, 3.05) is 20.3 Å². The Morgan fingerprint density at radius 2 is 1.78 bits per heavy atom. The Kier molecular flexibility index (Phi) is 7.48. The SMILES string of the molecule is CCNC(C)(CCCCOC(C)(C)C)C(=O)OC. The monoisotopic (exact) mass is 259 g/mol. The molecule has 0 spiro atoms. The third kappa shape index (κ3) is 6.97. The van der Waals surface area contributed by atoms with E-state index in [2.05, 4.69) is 5.32 Å². The Balaban J connectivity index is 4.02. The lowest BCUT2D eigenvalue weighted by atomic mass is 9.95. The minimum atomic E-state index is -0.578. The zero-order chi connectivity index (χ0) is 14.2. The number of nitrogens with one attached hydrogen (secondary N) is 1. The number of likely N-dealkylation sites (N-methyl/N-ethyl adjacent to an activating group) is 1. The van der Waals surface area contributed by atoms with Crippen LogP contribution in [0.3, 0.4) is 0 Å². The highest BCUT2D eigenvalue weighted by atomic mass is 16.5. The first-order valence-electron chi connectivity index (χ1n) is 6.72. The van der Waals surface area contributed by atoms with Crippen LogP contribution in [0, 0.1) is 0 Å². The number of ether oxygens (including phenoxy) is 2. The zero-order valence-electron chi connectivity index (χ0n) is 12.8. The highest BCUT2D eigenvalue weighted by Crippen LogP contribution is 2.16. The minimum Gasteiger partial charge on any atom is -0.468 e. The van der Waals surface area contributed by atoms with Gasteiger partial charge in [-0.1, -0.05) is 6.92 Å². The minimum absolute atomic E-state index is 0.0900. The van der Waals surface area contributed by atoms with Gasteiger partial charge in [0.05, 0.1) is 12.7 Å². The van der Waals surface area contributed by atoms with Gasteiger partial charge in [-0.2, -0.15) is 0 Å². The van der Waals surface area contributed by atoms with Gasteiger partial charge in [0.25, 0.3) is 0 Å². The number of methoxy groups -OCH3 is 1. The fraction of sp³-hybridized carbons (Fsp3) is 0.929. The second-order valence-electron chi connectivity index (χ2n) is 5.77. The lowest BCUT2D eigenvalue weighted by Crippen LogP contribution is -2.50. The Bertz CT molecular complexity index is 248. The molecule has 4 heteroatoms. The van der Waals surface area contributed by atoms with Crippen LogP contribution in [-0.4, -0.2) is 37.4 Å². The van der Waals surface area contributed by atoms with Crippen molar-refractivity contribution in [3.05, 3.63) is 0 Å². The van der Waals surface area contributed by atoms with Crippen LogP contribution < -0.4 is 5.32 Å². The van der Waals surface area contributed by atoms with E-state index in [-0.39, 0.29) is 11.6 Å². The molecule has 0 fully saturated rings. The van der Waals surface area contributed by atoms with Gasteiger partial charge in [0, 0.05) is 6.61 Å². The molecule has 0 radical (unpaired) electrons. The predicted molar refractivity (Wildman–Crippen MR) is 73.7 cm³/mol. The Morgan fingerprint density at radius 3 is 2.22 bits per heavy atom. The van der Waals surface area contributed by atoms with Crippen LogP contribution in [0.1, 0.15) is 53.9 Å².